The Morgan fingerprint density at radius 3 is 2.36 bits per heavy atom. The molecule has 0 bridgehead atoms. The van der Waals surface area contributed by atoms with Crippen molar-refractivity contribution in [2.24, 2.45) is 0 Å². The van der Waals surface area contributed by atoms with Gasteiger partial charge in [0.1, 0.15) is 5.75 Å². The smallest absolute Gasteiger partial charge is 0.119 e. The summed E-state index contributed by atoms with van der Waals surface area (Å²) in [4.78, 5) is 0. The van der Waals surface area contributed by atoms with Crippen molar-refractivity contribution in [3.63, 3.8) is 0 Å². The summed E-state index contributed by atoms with van der Waals surface area (Å²) in [6, 6.07) is 8.84. The van der Waals surface area contributed by atoms with Gasteiger partial charge in [-0.25, -0.2) is 0 Å². The third kappa shape index (κ3) is 2.19. The number of methoxy groups -OCH3 is 1. The highest BCUT2D eigenvalue weighted by molar-refractivity contribution is 5.47. The number of nitrogens with one attached hydrogen (secondary N) is 1. The molecule has 2 nitrogen and oxygen atoms in total. The Morgan fingerprint density at radius 2 is 1.79 bits per heavy atom. The summed E-state index contributed by atoms with van der Waals surface area (Å²) in [6.07, 6.45) is 5.36. The van der Waals surface area contributed by atoms with E-state index in [4.69, 9.17) is 4.74 Å². The molecule has 1 aromatic rings. The predicted molar refractivity (Wildman–Crippen MR) is 58.9 cm³/mol. The topological polar surface area (TPSA) is 21.3 Å². The van der Waals surface area contributed by atoms with Crippen molar-refractivity contribution < 1.29 is 4.74 Å². The van der Waals surface area contributed by atoms with Crippen molar-refractivity contribution in [3.8, 4) is 5.75 Å². The lowest BCUT2D eigenvalue weighted by atomic mass is 10.2. The third-order valence-electron chi connectivity index (χ3n) is 2.82. The molecule has 0 spiro atoms. The second-order valence-corrected chi connectivity index (χ2v) is 3.85. The highest BCUT2D eigenvalue weighted by Gasteiger charge is 2.13. The van der Waals surface area contributed by atoms with Gasteiger partial charge in [0.25, 0.3) is 0 Å². The standard InChI is InChI=1S/C12H17NO/c1-14-12-8-6-11(7-9-12)13-10-4-2-3-5-10/h6-10,13H,2-5H2,1H3. The second kappa shape index (κ2) is 4.36. The minimum atomic E-state index is 0.684. The van der Waals surface area contributed by atoms with E-state index in [2.05, 4.69) is 17.4 Å². The van der Waals surface area contributed by atoms with Crippen molar-refractivity contribution in [3.05, 3.63) is 24.3 Å². The Labute approximate surface area is 85.3 Å². The van der Waals surface area contributed by atoms with E-state index >= 15 is 0 Å². The fourth-order valence-electron chi connectivity index (χ4n) is 1.99. The van der Waals surface area contributed by atoms with Crippen molar-refractivity contribution >= 4 is 5.69 Å². The van der Waals surface area contributed by atoms with Gasteiger partial charge in [0.05, 0.1) is 7.11 Å². The zero-order valence-electron chi connectivity index (χ0n) is 8.62. The van der Waals surface area contributed by atoms with Gasteiger partial charge >= 0.3 is 0 Å². The molecule has 0 aromatic heterocycles. The summed E-state index contributed by atoms with van der Waals surface area (Å²) in [5.74, 6) is 0.918. The average molecular weight is 191 g/mol. The molecule has 14 heavy (non-hydrogen) atoms. The van der Waals surface area contributed by atoms with Crippen LogP contribution in [0.4, 0.5) is 5.69 Å². The van der Waals surface area contributed by atoms with E-state index in [1.54, 1.807) is 7.11 Å². The zero-order valence-corrected chi connectivity index (χ0v) is 8.62. The van der Waals surface area contributed by atoms with Gasteiger partial charge in [-0.05, 0) is 37.1 Å². The van der Waals surface area contributed by atoms with Gasteiger partial charge in [-0.1, -0.05) is 12.8 Å². The van der Waals surface area contributed by atoms with Crippen LogP contribution in [0.2, 0.25) is 0 Å². The molecule has 0 amide bonds. The van der Waals surface area contributed by atoms with Crippen molar-refractivity contribution in [2.75, 3.05) is 12.4 Å². The molecule has 76 valence electrons. The van der Waals surface area contributed by atoms with Gasteiger partial charge in [-0.15, -0.1) is 0 Å². The molecule has 1 N–H and O–H groups in total. The van der Waals surface area contributed by atoms with E-state index in [-0.39, 0.29) is 0 Å². The normalized spacial score (nSPS) is 16.9. The highest BCUT2D eigenvalue weighted by atomic mass is 16.5. The van der Waals surface area contributed by atoms with Crippen molar-refractivity contribution in [2.45, 2.75) is 31.7 Å². The lowest BCUT2D eigenvalue weighted by molar-refractivity contribution is 0.415. The van der Waals surface area contributed by atoms with Crippen LogP contribution < -0.4 is 10.1 Å². The van der Waals surface area contributed by atoms with E-state index in [9.17, 15) is 0 Å². The van der Waals surface area contributed by atoms with Crippen molar-refractivity contribution in [1.82, 2.24) is 0 Å². The first kappa shape index (κ1) is 9.38. The van der Waals surface area contributed by atoms with Crippen LogP contribution in [0.25, 0.3) is 0 Å². The Kier molecular flexibility index (Phi) is 2.92. The SMILES string of the molecule is COc1ccc(NC2CCCC2)cc1. The number of anilines is 1. The molecular formula is C12H17NO. The summed E-state index contributed by atoms with van der Waals surface area (Å²) in [7, 11) is 1.69. The van der Waals surface area contributed by atoms with Crippen LogP contribution in [-0.4, -0.2) is 13.2 Å². The van der Waals surface area contributed by atoms with Crippen LogP contribution >= 0.6 is 0 Å². The molecule has 1 saturated carbocycles. The minimum Gasteiger partial charge on any atom is -0.497 e. The van der Waals surface area contributed by atoms with Gasteiger partial charge < -0.3 is 10.1 Å². The molecule has 2 heteroatoms. The van der Waals surface area contributed by atoms with Crippen LogP contribution in [0, 0.1) is 0 Å². The third-order valence-corrected chi connectivity index (χ3v) is 2.82. The molecule has 1 aromatic carbocycles. The number of hydrogen-bond acceptors (Lipinski definition) is 2. The van der Waals surface area contributed by atoms with Crippen LogP contribution in [0.1, 0.15) is 25.7 Å². The largest absolute Gasteiger partial charge is 0.497 e. The van der Waals surface area contributed by atoms with Crippen LogP contribution in [-0.2, 0) is 0 Å². The molecule has 0 atom stereocenters. The molecule has 0 heterocycles. The first-order valence-corrected chi connectivity index (χ1v) is 5.29. The molecular weight excluding hydrogens is 174 g/mol. The Balaban J connectivity index is 1.95. The molecule has 1 fully saturated rings. The quantitative estimate of drug-likeness (QED) is 0.792. The minimum absolute atomic E-state index is 0.684. The summed E-state index contributed by atoms with van der Waals surface area (Å²) in [6.45, 7) is 0. The molecule has 0 radical (unpaired) electrons. The maximum atomic E-state index is 5.11. The number of rotatable bonds is 3. The molecule has 1 aliphatic rings. The predicted octanol–water partition coefficient (Wildman–Crippen LogP) is 3.05. The molecule has 0 saturated heterocycles. The van der Waals surface area contributed by atoms with E-state index in [0.29, 0.717) is 6.04 Å². The summed E-state index contributed by atoms with van der Waals surface area (Å²) < 4.78 is 5.11. The Bertz CT molecular complexity index is 275. The first-order chi connectivity index (χ1) is 6.88. The number of benzene rings is 1. The summed E-state index contributed by atoms with van der Waals surface area (Å²) in [5.41, 5.74) is 1.21. The zero-order chi connectivity index (χ0) is 9.80. The highest BCUT2D eigenvalue weighted by Crippen LogP contribution is 2.23. The molecule has 0 aliphatic heterocycles. The van der Waals surface area contributed by atoms with E-state index in [0.717, 1.165) is 5.75 Å². The van der Waals surface area contributed by atoms with Gasteiger partial charge in [-0.3, -0.25) is 0 Å². The second-order valence-electron chi connectivity index (χ2n) is 3.85. The first-order valence-electron chi connectivity index (χ1n) is 5.29. The summed E-state index contributed by atoms with van der Waals surface area (Å²) >= 11 is 0. The van der Waals surface area contributed by atoms with E-state index in [1.807, 2.05) is 12.1 Å². The monoisotopic (exact) mass is 191 g/mol. The maximum Gasteiger partial charge on any atom is 0.119 e. The Morgan fingerprint density at radius 1 is 1.14 bits per heavy atom. The van der Waals surface area contributed by atoms with Crippen LogP contribution in [0.15, 0.2) is 24.3 Å². The van der Waals surface area contributed by atoms with E-state index < -0.39 is 0 Å². The summed E-state index contributed by atoms with van der Waals surface area (Å²) in [5, 5.41) is 3.54. The van der Waals surface area contributed by atoms with Crippen LogP contribution in [0.3, 0.4) is 0 Å². The van der Waals surface area contributed by atoms with Crippen LogP contribution in [0.5, 0.6) is 5.75 Å². The number of hydrogen-bond donors (Lipinski definition) is 1. The molecule has 1 aliphatic carbocycles. The van der Waals surface area contributed by atoms with Gasteiger partial charge in [0, 0.05) is 11.7 Å². The molecule has 2 rings (SSSR count). The van der Waals surface area contributed by atoms with Gasteiger partial charge in [-0.2, -0.15) is 0 Å². The average Bonchev–Trinajstić information content (AvgIpc) is 2.72. The maximum absolute atomic E-state index is 5.11. The lowest BCUT2D eigenvalue weighted by Crippen LogP contribution is -2.14. The van der Waals surface area contributed by atoms with E-state index in [1.165, 1.54) is 31.4 Å². The fraction of sp³-hybridized carbons (Fsp3) is 0.500. The fourth-order valence-corrected chi connectivity index (χ4v) is 1.99. The van der Waals surface area contributed by atoms with Gasteiger partial charge in [0.2, 0.25) is 0 Å². The van der Waals surface area contributed by atoms with Crippen molar-refractivity contribution in [1.29, 1.82) is 0 Å². The Hall–Kier alpha value is -1.18. The number of ether oxygens (including phenoxy) is 1. The lowest BCUT2D eigenvalue weighted by Gasteiger charge is -2.13. The molecule has 0 unspecified atom stereocenters. The van der Waals surface area contributed by atoms with Gasteiger partial charge in [0.15, 0.2) is 0 Å².